The van der Waals surface area contributed by atoms with E-state index in [2.05, 4.69) is 4.98 Å². The number of pyridine rings is 1. The molecule has 2 N–H and O–H groups in total. The molecule has 0 aliphatic rings. The Balaban J connectivity index is 2.73. The number of benzene rings is 1. The van der Waals surface area contributed by atoms with Crippen LogP contribution in [0.25, 0.3) is 11.3 Å². The molecule has 2 nitrogen and oxygen atoms in total. The van der Waals surface area contributed by atoms with Crippen LogP contribution in [-0.2, 0) is 0 Å². The summed E-state index contributed by atoms with van der Waals surface area (Å²) in [6, 6.07) is 5.36. The molecule has 0 fully saturated rings. The molecule has 82 valence electrons. The smallest absolute Gasteiger partial charge is 0.135 e. The van der Waals surface area contributed by atoms with Crippen molar-refractivity contribution in [2.24, 2.45) is 0 Å². The van der Waals surface area contributed by atoms with E-state index in [-0.39, 0.29) is 11.3 Å². The molecule has 1 heterocycles. The highest BCUT2D eigenvalue weighted by Crippen LogP contribution is 2.29. The lowest BCUT2D eigenvalue weighted by molar-refractivity contribution is 0.589. The average molecular weight is 220 g/mol. The topological polar surface area (TPSA) is 38.9 Å². The highest BCUT2D eigenvalue weighted by Gasteiger charge is 2.15. The van der Waals surface area contributed by atoms with Crippen molar-refractivity contribution in [2.75, 3.05) is 5.73 Å². The summed E-state index contributed by atoms with van der Waals surface area (Å²) in [4.78, 5) is 3.93. The lowest BCUT2D eigenvalue weighted by Crippen LogP contribution is -1.99. The van der Waals surface area contributed by atoms with E-state index in [1.807, 2.05) is 0 Å². The second-order valence-corrected chi connectivity index (χ2v) is 3.49. The number of nitrogens with two attached hydrogens (primary N) is 1. The molecule has 2 rings (SSSR count). The fraction of sp³-hybridized carbons (Fsp3) is 0.0833. The van der Waals surface area contributed by atoms with E-state index in [9.17, 15) is 8.78 Å². The van der Waals surface area contributed by atoms with Gasteiger partial charge in [-0.1, -0.05) is 6.07 Å². The van der Waals surface area contributed by atoms with Crippen LogP contribution in [0.4, 0.5) is 14.5 Å². The van der Waals surface area contributed by atoms with Crippen LogP contribution >= 0.6 is 0 Å². The van der Waals surface area contributed by atoms with Gasteiger partial charge in [0, 0.05) is 6.20 Å². The molecule has 2 aromatic rings. The number of nitrogens with zero attached hydrogens (tertiary/aromatic N) is 1. The van der Waals surface area contributed by atoms with Gasteiger partial charge in [-0.05, 0) is 30.7 Å². The molecule has 0 aliphatic heterocycles. The van der Waals surface area contributed by atoms with Crippen molar-refractivity contribution in [1.82, 2.24) is 4.98 Å². The molecule has 0 saturated carbocycles. The van der Waals surface area contributed by atoms with E-state index in [1.165, 1.54) is 24.4 Å². The number of hydrogen-bond acceptors (Lipinski definition) is 2. The molecule has 0 saturated heterocycles. The highest BCUT2D eigenvalue weighted by molar-refractivity contribution is 5.75. The van der Waals surface area contributed by atoms with Gasteiger partial charge in [0.15, 0.2) is 0 Å². The second-order valence-electron chi connectivity index (χ2n) is 3.49. The first-order valence-corrected chi connectivity index (χ1v) is 4.76. The molecule has 0 amide bonds. The maximum atomic E-state index is 13.5. The number of anilines is 1. The van der Waals surface area contributed by atoms with E-state index in [0.29, 0.717) is 5.69 Å². The third-order valence-electron chi connectivity index (χ3n) is 2.41. The van der Waals surface area contributed by atoms with Gasteiger partial charge in [0.1, 0.15) is 11.6 Å². The van der Waals surface area contributed by atoms with Crippen molar-refractivity contribution in [3.63, 3.8) is 0 Å². The van der Waals surface area contributed by atoms with Gasteiger partial charge in [-0.15, -0.1) is 0 Å². The van der Waals surface area contributed by atoms with Gasteiger partial charge in [-0.3, -0.25) is 4.98 Å². The van der Waals surface area contributed by atoms with Crippen LogP contribution in [0.5, 0.6) is 0 Å². The Hall–Kier alpha value is -1.97. The van der Waals surface area contributed by atoms with E-state index < -0.39 is 11.6 Å². The Morgan fingerprint density at radius 3 is 2.38 bits per heavy atom. The van der Waals surface area contributed by atoms with Crippen molar-refractivity contribution in [2.45, 2.75) is 6.92 Å². The van der Waals surface area contributed by atoms with Gasteiger partial charge in [-0.25, -0.2) is 8.78 Å². The largest absolute Gasteiger partial charge is 0.397 e. The molecule has 0 spiro atoms. The van der Waals surface area contributed by atoms with Crippen molar-refractivity contribution in [1.29, 1.82) is 0 Å². The summed E-state index contributed by atoms with van der Waals surface area (Å²) >= 11 is 0. The van der Waals surface area contributed by atoms with Gasteiger partial charge in [-0.2, -0.15) is 0 Å². The Labute approximate surface area is 91.7 Å². The number of rotatable bonds is 1. The Morgan fingerprint density at radius 2 is 1.75 bits per heavy atom. The first-order valence-electron chi connectivity index (χ1n) is 4.76. The highest BCUT2D eigenvalue weighted by atomic mass is 19.1. The summed E-state index contributed by atoms with van der Waals surface area (Å²) in [5.41, 5.74) is 6.77. The monoisotopic (exact) mass is 220 g/mol. The SMILES string of the molecule is Cc1ccnc(-c2c(F)cccc2F)c1N. The zero-order valence-electron chi connectivity index (χ0n) is 8.67. The molecular formula is C12H10F2N2. The normalized spacial score (nSPS) is 10.4. The molecule has 16 heavy (non-hydrogen) atoms. The molecule has 0 atom stereocenters. The first kappa shape index (κ1) is 10.5. The fourth-order valence-corrected chi connectivity index (χ4v) is 1.49. The quantitative estimate of drug-likeness (QED) is 0.802. The van der Waals surface area contributed by atoms with Crippen molar-refractivity contribution in [3.8, 4) is 11.3 Å². The minimum Gasteiger partial charge on any atom is -0.397 e. The van der Waals surface area contributed by atoms with E-state index in [0.717, 1.165) is 5.56 Å². The maximum Gasteiger partial charge on any atom is 0.135 e. The summed E-state index contributed by atoms with van der Waals surface area (Å²) in [5.74, 6) is -1.32. The molecule has 0 aliphatic carbocycles. The summed E-state index contributed by atoms with van der Waals surface area (Å²) in [6.45, 7) is 1.76. The summed E-state index contributed by atoms with van der Waals surface area (Å²) in [6.07, 6.45) is 1.48. The number of halogens is 2. The fourth-order valence-electron chi connectivity index (χ4n) is 1.49. The number of aryl methyl sites for hydroxylation is 1. The summed E-state index contributed by atoms with van der Waals surface area (Å²) < 4.78 is 27.0. The molecule has 1 aromatic carbocycles. The van der Waals surface area contributed by atoms with Crippen LogP contribution in [0, 0.1) is 18.6 Å². The van der Waals surface area contributed by atoms with Crippen LogP contribution in [-0.4, -0.2) is 4.98 Å². The van der Waals surface area contributed by atoms with Gasteiger partial charge in [0.25, 0.3) is 0 Å². The minimum atomic E-state index is -0.662. The van der Waals surface area contributed by atoms with Crippen molar-refractivity contribution in [3.05, 3.63) is 47.7 Å². The average Bonchev–Trinajstić information content (AvgIpc) is 2.24. The third-order valence-corrected chi connectivity index (χ3v) is 2.41. The van der Waals surface area contributed by atoms with E-state index >= 15 is 0 Å². The Kier molecular flexibility index (Phi) is 2.56. The predicted octanol–water partition coefficient (Wildman–Crippen LogP) is 2.92. The lowest BCUT2D eigenvalue weighted by atomic mass is 10.1. The molecule has 4 heteroatoms. The zero-order valence-corrected chi connectivity index (χ0v) is 8.67. The minimum absolute atomic E-state index is 0.149. The summed E-state index contributed by atoms with van der Waals surface area (Å²) in [7, 11) is 0. The van der Waals surface area contributed by atoms with Crippen LogP contribution in [0.3, 0.4) is 0 Å². The van der Waals surface area contributed by atoms with Crippen LogP contribution in [0.2, 0.25) is 0 Å². The number of aromatic nitrogens is 1. The van der Waals surface area contributed by atoms with Gasteiger partial charge >= 0.3 is 0 Å². The predicted molar refractivity (Wildman–Crippen MR) is 58.7 cm³/mol. The van der Waals surface area contributed by atoms with Gasteiger partial charge in [0.2, 0.25) is 0 Å². The Bertz CT molecular complexity index is 518. The summed E-state index contributed by atoms with van der Waals surface area (Å²) in [5, 5.41) is 0. The molecule has 1 aromatic heterocycles. The molecular weight excluding hydrogens is 210 g/mol. The van der Waals surface area contributed by atoms with Crippen LogP contribution < -0.4 is 5.73 Å². The Morgan fingerprint density at radius 1 is 1.12 bits per heavy atom. The van der Waals surface area contributed by atoms with E-state index in [1.54, 1.807) is 13.0 Å². The second kappa shape index (κ2) is 3.89. The standard InChI is InChI=1S/C12H10F2N2/c1-7-5-6-16-12(11(7)15)10-8(13)3-2-4-9(10)14/h2-6H,15H2,1H3. The van der Waals surface area contributed by atoms with E-state index in [4.69, 9.17) is 5.73 Å². The van der Waals surface area contributed by atoms with Crippen LogP contribution in [0.15, 0.2) is 30.5 Å². The van der Waals surface area contributed by atoms with Crippen molar-refractivity contribution < 1.29 is 8.78 Å². The van der Waals surface area contributed by atoms with Crippen LogP contribution in [0.1, 0.15) is 5.56 Å². The zero-order chi connectivity index (χ0) is 11.7. The number of hydrogen-bond donors (Lipinski definition) is 1. The maximum absolute atomic E-state index is 13.5. The number of nitrogen functional groups attached to an aromatic ring is 1. The first-order chi connectivity index (χ1) is 7.61. The van der Waals surface area contributed by atoms with Crippen molar-refractivity contribution >= 4 is 5.69 Å². The van der Waals surface area contributed by atoms with Gasteiger partial charge < -0.3 is 5.73 Å². The lowest BCUT2D eigenvalue weighted by Gasteiger charge is -2.08. The molecule has 0 bridgehead atoms. The van der Waals surface area contributed by atoms with Gasteiger partial charge in [0.05, 0.1) is 16.9 Å². The molecule has 0 radical (unpaired) electrons. The molecule has 0 unspecified atom stereocenters. The third kappa shape index (κ3) is 1.62.